The van der Waals surface area contributed by atoms with Crippen molar-refractivity contribution < 1.29 is 4.74 Å². The number of fused-ring (bicyclic) bond motifs is 1. The van der Waals surface area contributed by atoms with E-state index < -0.39 is 0 Å². The van der Waals surface area contributed by atoms with Gasteiger partial charge in [-0.2, -0.15) is 0 Å². The molecule has 0 atom stereocenters. The topological polar surface area (TPSA) is 63.7 Å². The molecule has 0 aliphatic carbocycles. The molecule has 0 amide bonds. The molecule has 0 bridgehead atoms. The maximum Gasteiger partial charge on any atom is 0.240 e. The molecule has 1 N–H and O–H groups in total. The molecule has 3 rings (SSSR count). The number of nitrogens with zero attached hydrogens (tertiary/aromatic N) is 3. The second-order valence-electron chi connectivity index (χ2n) is 3.53. The average molecular weight is 226 g/mol. The highest BCUT2D eigenvalue weighted by molar-refractivity contribution is 5.83. The van der Waals surface area contributed by atoms with Crippen molar-refractivity contribution in [2.75, 3.05) is 0 Å². The van der Waals surface area contributed by atoms with Crippen LogP contribution in [0.4, 0.5) is 0 Å². The molecule has 5 nitrogen and oxygen atoms in total. The lowest BCUT2D eigenvalue weighted by Gasteiger charge is -2.01. The number of para-hydroxylation sites is 1. The van der Waals surface area contributed by atoms with Crippen molar-refractivity contribution in [2.45, 2.75) is 6.61 Å². The molecule has 2 aromatic heterocycles. The molecule has 0 radical (unpaired) electrons. The predicted molar refractivity (Wildman–Crippen MR) is 62.5 cm³/mol. The van der Waals surface area contributed by atoms with Crippen LogP contribution in [0.5, 0.6) is 5.88 Å². The summed E-state index contributed by atoms with van der Waals surface area (Å²) in [5, 5.41) is 7.98. The van der Waals surface area contributed by atoms with Crippen molar-refractivity contribution >= 4 is 10.9 Å². The molecule has 1 aromatic carbocycles. The Morgan fingerprint density at radius 2 is 1.88 bits per heavy atom. The summed E-state index contributed by atoms with van der Waals surface area (Å²) >= 11 is 0. The second kappa shape index (κ2) is 4.21. The Balaban J connectivity index is 1.82. The molecule has 84 valence electrons. The highest BCUT2D eigenvalue weighted by Gasteiger charge is 2.06. The molecule has 0 aliphatic heterocycles. The Morgan fingerprint density at radius 1 is 1.06 bits per heavy atom. The number of ether oxygens (including phenoxy) is 1. The summed E-state index contributed by atoms with van der Waals surface area (Å²) in [6, 6.07) is 9.58. The third-order valence-electron chi connectivity index (χ3n) is 2.39. The second-order valence-corrected chi connectivity index (χ2v) is 3.53. The summed E-state index contributed by atoms with van der Waals surface area (Å²) in [5.41, 5.74) is 0.955. The maximum absolute atomic E-state index is 5.58. The Labute approximate surface area is 97.5 Å². The van der Waals surface area contributed by atoms with Gasteiger partial charge in [-0.3, -0.25) is 5.10 Å². The van der Waals surface area contributed by atoms with Crippen molar-refractivity contribution in [3.05, 3.63) is 48.5 Å². The summed E-state index contributed by atoms with van der Waals surface area (Å²) < 4.78 is 5.58. The molecule has 5 heteroatoms. The van der Waals surface area contributed by atoms with Crippen LogP contribution in [0.25, 0.3) is 10.9 Å². The number of aromatic amines is 1. The first kappa shape index (κ1) is 9.77. The highest BCUT2D eigenvalue weighted by atomic mass is 16.5. The summed E-state index contributed by atoms with van der Waals surface area (Å²) in [7, 11) is 0. The zero-order valence-corrected chi connectivity index (χ0v) is 9.00. The van der Waals surface area contributed by atoms with Crippen LogP contribution >= 0.6 is 0 Å². The van der Waals surface area contributed by atoms with E-state index in [1.165, 1.54) is 0 Å². The minimum Gasteiger partial charge on any atom is -0.468 e. The number of aromatic nitrogens is 4. The van der Waals surface area contributed by atoms with Crippen molar-refractivity contribution in [2.24, 2.45) is 0 Å². The normalized spacial score (nSPS) is 10.6. The van der Waals surface area contributed by atoms with Crippen LogP contribution in [0.1, 0.15) is 5.82 Å². The van der Waals surface area contributed by atoms with Gasteiger partial charge in [0.05, 0.1) is 10.9 Å². The van der Waals surface area contributed by atoms with E-state index in [2.05, 4.69) is 20.2 Å². The summed E-state index contributed by atoms with van der Waals surface area (Å²) in [6.07, 6.45) is 3.38. The third kappa shape index (κ3) is 1.94. The van der Waals surface area contributed by atoms with Gasteiger partial charge in [-0.05, 0) is 18.2 Å². The molecule has 0 spiro atoms. The van der Waals surface area contributed by atoms with Crippen LogP contribution in [0.3, 0.4) is 0 Å². The summed E-state index contributed by atoms with van der Waals surface area (Å²) in [6.45, 7) is 0.315. The molecule has 0 saturated heterocycles. The summed E-state index contributed by atoms with van der Waals surface area (Å²) in [4.78, 5) is 8.17. The fourth-order valence-electron chi connectivity index (χ4n) is 1.59. The smallest absolute Gasteiger partial charge is 0.240 e. The molecule has 0 aliphatic rings. The number of benzene rings is 1. The van der Waals surface area contributed by atoms with Crippen LogP contribution in [0.2, 0.25) is 0 Å². The van der Waals surface area contributed by atoms with E-state index in [0.29, 0.717) is 18.3 Å². The Bertz CT molecular complexity index is 620. The molecule has 2 heterocycles. The van der Waals surface area contributed by atoms with E-state index in [-0.39, 0.29) is 0 Å². The van der Waals surface area contributed by atoms with Crippen molar-refractivity contribution in [3.8, 4) is 5.88 Å². The lowest BCUT2D eigenvalue weighted by molar-refractivity contribution is 0.287. The van der Waals surface area contributed by atoms with Crippen molar-refractivity contribution in [1.29, 1.82) is 0 Å². The van der Waals surface area contributed by atoms with E-state index in [0.717, 1.165) is 10.9 Å². The average Bonchev–Trinajstić information content (AvgIpc) is 2.81. The van der Waals surface area contributed by atoms with E-state index in [1.807, 2.05) is 24.3 Å². The van der Waals surface area contributed by atoms with Gasteiger partial charge in [-0.25, -0.2) is 9.97 Å². The SMILES string of the molecule is c1cnc(COc2n[nH]c3ccccc23)nc1. The van der Waals surface area contributed by atoms with E-state index in [9.17, 15) is 0 Å². The van der Waals surface area contributed by atoms with E-state index in [4.69, 9.17) is 4.74 Å². The van der Waals surface area contributed by atoms with Gasteiger partial charge >= 0.3 is 0 Å². The molecule has 3 aromatic rings. The first-order chi connectivity index (χ1) is 8.43. The summed E-state index contributed by atoms with van der Waals surface area (Å²) in [5.74, 6) is 1.22. The third-order valence-corrected chi connectivity index (χ3v) is 2.39. The molecule has 0 unspecified atom stereocenters. The molecule has 0 saturated carbocycles. The van der Waals surface area contributed by atoms with Crippen LogP contribution in [-0.2, 0) is 6.61 Å². The van der Waals surface area contributed by atoms with Gasteiger partial charge in [0.1, 0.15) is 6.61 Å². The fourth-order valence-corrected chi connectivity index (χ4v) is 1.59. The van der Waals surface area contributed by atoms with Crippen molar-refractivity contribution in [1.82, 2.24) is 20.2 Å². The van der Waals surface area contributed by atoms with Gasteiger partial charge in [0.2, 0.25) is 5.88 Å². The van der Waals surface area contributed by atoms with E-state index in [1.54, 1.807) is 18.5 Å². The molecular weight excluding hydrogens is 216 g/mol. The Kier molecular flexibility index (Phi) is 2.42. The monoisotopic (exact) mass is 226 g/mol. The van der Waals surface area contributed by atoms with Crippen molar-refractivity contribution in [3.63, 3.8) is 0 Å². The van der Waals surface area contributed by atoms with Crippen LogP contribution < -0.4 is 4.74 Å². The number of hydrogen-bond donors (Lipinski definition) is 1. The molecule has 17 heavy (non-hydrogen) atoms. The zero-order valence-electron chi connectivity index (χ0n) is 9.00. The maximum atomic E-state index is 5.58. The lowest BCUT2D eigenvalue weighted by Crippen LogP contribution is -2.00. The first-order valence-corrected chi connectivity index (χ1v) is 5.25. The number of hydrogen-bond acceptors (Lipinski definition) is 4. The standard InChI is InChI=1S/C12H10N4O/c1-2-5-10-9(4-1)12(16-15-10)17-8-11-13-6-3-7-14-11/h1-7H,8H2,(H,15,16). The number of nitrogens with one attached hydrogen (secondary N) is 1. The highest BCUT2D eigenvalue weighted by Crippen LogP contribution is 2.22. The fraction of sp³-hybridized carbons (Fsp3) is 0.0833. The van der Waals surface area contributed by atoms with Crippen LogP contribution in [0.15, 0.2) is 42.7 Å². The van der Waals surface area contributed by atoms with Gasteiger partial charge in [0.15, 0.2) is 5.82 Å². The minimum atomic E-state index is 0.315. The molecular formula is C12H10N4O. The number of rotatable bonds is 3. The zero-order chi connectivity index (χ0) is 11.5. The quantitative estimate of drug-likeness (QED) is 0.741. The van der Waals surface area contributed by atoms with Gasteiger partial charge < -0.3 is 4.74 Å². The largest absolute Gasteiger partial charge is 0.468 e. The van der Waals surface area contributed by atoms with Gasteiger partial charge in [-0.1, -0.05) is 12.1 Å². The van der Waals surface area contributed by atoms with Crippen LogP contribution in [-0.4, -0.2) is 20.2 Å². The van der Waals surface area contributed by atoms with Gasteiger partial charge in [0, 0.05) is 12.4 Å². The number of H-pyrrole nitrogens is 1. The van der Waals surface area contributed by atoms with Gasteiger partial charge in [-0.15, -0.1) is 5.10 Å². The van der Waals surface area contributed by atoms with Crippen LogP contribution in [0, 0.1) is 0 Å². The van der Waals surface area contributed by atoms with Gasteiger partial charge in [0.25, 0.3) is 0 Å². The minimum absolute atomic E-state index is 0.315. The first-order valence-electron chi connectivity index (χ1n) is 5.25. The molecule has 0 fully saturated rings. The predicted octanol–water partition coefficient (Wildman–Crippen LogP) is 1.93. The lowest BCUT2D eigenvalue weighted by atomic mass is 10.2. The Hall–Kier alpha value is -2.43. The van der Waals surface area contributed by atoms with E-state index >= 15 is 0 Å². The Morgan fingerprint density at radius 3 is 2.76 bits per heavy atom.